The highest BCUT2D eigenvalue weighted by Gasteiger charge is 2.22. The van der Waals surface area contributed by atoms with Crippen molar-refractivity contribution in [3.8, 4) is 11.5 Å². The fraction of sp³-hybridized carbons (Fsp3) is 0.360. The molecule has 0 saturated carbocycles. The number of hydrogen-bond donors (Lipinski definition) is 2. The highest BCUT2D eigenvalue weighted by Crippen LogP contribution is 2.19. The first kappa shape index (κ1) is 22.7. The maximum atomic E-state index is 12.4. The summed E-state index contributed by atoms with van der Waals surface area (Å²) >= 11 is 0. The van der Waals surface area contributed by atoms with Gasteiger partial charge in [-0.15, -0.1) is 10.2 Å². The fourth-order valence-corrected chi connectivity index (χ4v) is 3.85. The quantitative estimate of drug-likeness (QED) is 0.550. The summed E-state index contributed by atoms with van der Waals surface area (Å²) in [5.41, 5.74) is 2.83. The summed E-state index contributed by atoms with van der Waals surface area (Å²) in [5.74, 6) is 0.882. The predicted octanol–water partition coefficient (Wildman–Crippen LogP) is 3.20. The van der Waals surface area contributed by atoms with Gasteiger partial charge >= 0.3 is 0 Å². The minimum atomic E-state index is -0.0228. The summed E-state index contributed by atoms with van der Waals surface area (Å²) in [6.45, 7) is 3.93. The number of amides is 2. The average molecular weight is 448 g/mol. The van der Waals surface area contributed by atoms with Crippen LogP contribution in [0.1, 0.15) is 30.7 Å². The monoisotopic (exact) mass is 447 g/mol. The van der Waals surface area contributed by atoms with Crippen molar-refractivity contribution >= 4 is 17.5 Å². The number of carbonyl (C=O) groups is 2. The average Bonchev–Trinajstić information content (AvgIpc) is 3.29. The van der Waals surface area contributed by atoms with Gasteiger partial charge in [0.2, 0.25) is 23.6 Å². The number of carbonyl (C=O) groups excluding carboxylic acids is 2. The van der Waals surface area contributed by atoms with E-state index in [0.717, 1.165) is 42.7 Å². The van der Waals surface area contributed by atoms with E-state index in [-0.39, 0.29) is 17.9 Å². The van der Waals surface area contributed by atoms with E-state index in [1.54, 1.807) is 0 Å². The second-order valence-electron chi connectivity index (χ2n) is 8.40. The summed E-state index contributed by atoms with van der Waals surface area (Å²) in [5, 5.41) is 14.1. The van der Waals surface area contributed by atoms with E-state index in [1.807, 2.05) is 61.5 Å². The molecule has 2 N–H and O–H groups in total. The van der Waals surface area contributed by atoms with Crippen molar-refractivity contribution in [3.05, 3.63) is 66.1 Å². The Morgan fingerprint density at radius 3 is 2.45 bits per heavy atom. The fourth-order valence-electron chi connectivity index (χ4n) is 3.85. The molecule has 1 aliphatic heterocycles. The zero-order valence-electron chi connectivity index (χ0n) is 18.8. The van der Waals surface area contributed by atoms with Gasteiger partial charge in [0.15, 0.2) is 0 Å². The molecule has 2 amide bonds. The Morgan fingerprint density at radius 1 is 1.00 bits per heavy atom. The maximum Gasteiger partial charge on any atom is 0.247 e. The number of likely N-dealkylation sites (tertiary alicyclic amines) is 1. The van der Waals surface area contributed by atoms with Crippen LogP contribution in [0.15, 0.2) is 59.0 Å². The molecule has 172 valence electrons. The highest BCUT2D eigenvalue weighted by atomic mass is 16.4. The molecule has 0 bridgehead atoms. The summed E-state index contributed by atoms with van der Waals surface area (Å²) in [4.78, 5) is 26.7. The number of rotatable bonds is 8. The molecule has 0 aliphatic carbocycles. The summed E-state index contributed by atoms with van der Waals surface area (Å²) in [7, 11) is 0. The smallest absolute Gasteiger partial charge is 0.247 e. The third kappa shape index (κ3) is 6.73. The molecule has 0 unspecified atom stereocenters. The zero-order valence-corrected chi connectivity index (χ0v) is 18.8. The molecule has 2 heterocycles. The molecule has 1 aliphatic rings. The number of hydrogen-bond acceptors (Lipinski definition) is 6. The highest BCUT2D eigenvalue weighted by molar-refractivity contribution is 5.92. The van der Waals surface area contributed by atoms with Crippen molar-refractivity contribution in [1.29, 1.82) is 0 Å². The molecule has 1 aromatic heterocycles. The first-order valence-electron chi connectivity index (χ1n) is 11.3. The van der Waals surface area contributed by atoms with Crippen LogP contribution in [0.5, 0.6) is 0 Å². The van der Waals surface area contributed by atoms with Crippen molar-refractivity contribution < 1.29 is 14.0 Å². The standard InChI is InChI=1S/C25H29N5O3/c1-18-7-9-19(10-8-18)25-29-28-24(33-25)12-11-22(31)26-21-13-15-30(16-14-21)17-23(32)27-20-5-3-2-4-6-20/h2-10,21H,11-17H2,1H3,(H,26,31)(H,27,32). The van der Waals surface area contributed by atoms with Gasteiger partial charge in [-0.1, -0.05) is 35.9 Å². The van der Waals surface area contributed by atoms with Crippen LogP contribution in [0.25, 0.3) is 11.5 Å². The molecule has 4 rings (SSSR count). The number of piperidine rings is 1. The first-order chi connectivity index (χ1) is 16.0. The lowest BCUT2D eigenvalue weighted by Crippen LogP contribution is -2.46. The molecular weight excluding hydrogens is 418 g/mol. The van der Waals surface area contributed by atoms with Crippen molar-refractivity contribution in [2.45, 2.75) is 38.6 Å². The summed E-state index contributed by atoms with van der Waals surface area (Å²) in [6.07, 6.45) is 2.35. The topological polar surface area (TPSA) is 100 Å². The van der Waals surface area contributed by atoms with Crippen LogP contribution in [-0.2, 0) is 16.0 Å². The minimum absolute atomic E-state index is 0.0201. The van der Waals surface area contributed by atoms with Gasteiger partial charge < -0.3 is 15.1 Å². The second-order valence-corrected chi connectivity index (χ2v) is 8.40. The number of aryl methyl sites for hydroxylation is 2. The molecule has 33 heavy (non-hydrogen) atoms. The number of nitrogens with one attached hydrogen (secondary N) is 2. The SMILES string of the molecule is Cc1ccc(-c2nnc(CCC(=O)NC3CCN(CC(=O)Nc4ccccc4)CC3)o2)cc1. The number of para-hydroxylation sites is 1. The molecule has 8 nitrogen and oxygen atoms in total. The van der Waals surface area contributed by atoms with Crippen LogP contribution in [0.2, 0.25) is 0 Å². The van der Waals surface area contributed by atoms with Crippen molar-refractivity contribution in [3.63, 3.8) is 0 Å². The van der Waals surface area contributed by atoms with Gasteiger partial charge in [0.1, 0.15) is 0 Å². The van der Waals surface area contributed by atoms with Crippen LogP contribution >= 0.6 is 0 Å². The van der Waals surface area contributed by atoms with Gasteiger partial charge in [0, 0.05) is 43.2 Å². The molecule has 3 aromatic rings. The third-order valence-electron chi connectivity index (χ3n) is 5.71. The summed E-state index contributed by atoms with van der Waals surface area (Å²) in [6, 6.07) is 17.4. The Morgan fingerprint density at radius 2 is 1.73 bits per heavy atom. The Kier molecular flexibility index (Phi) is 7.47. The van der Waals surface area contributed by atoms with E-state index in [9.17, 15) is 9.59 Å². The van der Waals surface area contributed by atoms with E-state index in [4.69, 9.17) is 4.42 Å². The Labute approximate surface area is 193 Å². The number of benzene rings is 2. The molecule has 0 radical (unpaired) electrons. The third-order valence-corrected chi connectivity index (χ3v) is 5.71. The Balaban J connectivity index is 1.15. The van der Waals surface area contributed by atoms with Crippen LogP contribution in [0.3, 0.4) is 0 Å². The summed E-state index contributed by atoms with van der Waals surface area (Å²) < 4.78 is 5.70. The maximum absolute atomic E-state index is 12.4. The molecule has 8 heteroatoms. The van der Waals surface area contributed by atoms with Gasteiger partial charge in [-0.25, -0.2) is 0 Å². The first-order valence-corrected chi connectivity index (χ1v) is 11.3. The van der Waals surface area contributed by atoms with E-state index in [2.05, 4.69) is 25.7 Å². The molecule has 0 spiro atoms. The number of anilines is 1. The predicted molar refractivity (Wildman–Crippen MR) is 125 cm³/mol. The van der Waals surface area contributed by atoms with Gasteiger partial charge in [-0.3, -0.25) is 14.5 Å². The lowest BCUT2D eigenvalue weighted by molar-refractivity contribution is -0.122. The minimum Gasteiger partial charge on any atom is -0.421 e. The van der Waals surface area contributed by atoms with Crippen LogP contribution < -0.4 is 10.6 Å². The normalized spacial score (nSPS) is 14.7. The van der Waals surface area contributed by atoms with Gasteiger partial charge in [-0.05, 0) is 44.0 Å². The van der Waals surface area contributed by atoms with Crippen molar-refractivity contribution in [2.75, 3.05) is 25.0 Å². The van der Waals surface area contributed by atoms with E-state index in [0.29, 0.717) is 31.2 Å². The van der Waals surface area contributed by atoms with Crippen LogP contribution in [0, 0.1) is 6.92 Å². The van der Waals surface area contributed by atoms with Crippen LogP contribution in [-0.4, -0.2) is 52.6 Å². The van der Waals surface area contributed by atoms with Gasteiger partial charge in [0.25, 0.3) is 0 Å². The lowest BCUT2D eigenvalue weighted by Gasteiger charge is -2.31. The van der Waals surface area contributed by atoms with E-state index in [1.165, 1.54) is 0 Å². The van der Waals surface area contributed by atoms with Crippen molar-refractivity contribution in [2.24, 2.45) is 0 Å². The zero-order chi connectivity index (χ0) is 23.0. The largest absolute Gasteiger partial charge is 0.421 e. The van der Waals surface area contributed by atoms with E-state index < -0.39 is 0 Å². The molecule has 1 fully saturated rings. The molecule has 1 saturated heterocycles. The lowest BCUT2D eigenvalue weighted by atomic mass is 10.0. The van der Waals surface area contributed by atoms with Crippen molar-refractivity contribution in [1.82, 2.24) is 20.4 Å². The van der Waals surface area contributed by atoms with Gasteiger partial charge in [0.05, 0.1) is 6.54 Å². The van der Waals surface area contributed by atoms with Gasteiger partial charge in [-0.2, -0.15) is 0 Å². The van der Waals surface area contributed by atoms with Crippen LogP contribution in [0.4, 0.5) is 5.69 Å². The Hall–Kier alpha value is -3.52. The second kappa shape index (κ2) is 10.9. The Bertz CT molecular complexity index is 1060. The molecular formula is C25H29N5O3. The molecule has 0 atom stereocenters. The number of nitrogens with zero attached hydrogens (tertiary/aromatic N) is 3. The number of aromatic nitrogens is 2. The molecule has 2 aromatic carbocycles. The van der Waals surface area contributed by atoms with E-state index >= 15 is 0 Å².